The van der Waals surface area contributed by atoms with Crippen molar-refractivity contribution < 1.29 is 19.1 Å². The van der Waals surface area contributed by atoms with Crippen LogP contribution in [-0.2, 0) is 22.6 Å². The summed E-state index contributed by atoms with van der Waals surface area (Å²) in [5.41, 5.74) is 2.71. The number of rotatable bonds is 8. The van der Waals surface area contributed by atoms with Crippen LogP contribution in [0.25, 0.3) is 6.08 Å². The van der Waals surface area contributed by atoms with E-state index in [0.29, 0.717) is 24.2 Å². The van der Waals surface area contributed by atoms with Crippen molar-refractivity contribution in [1.29, 1.82) is 0 Å². The minimum atomic E-state index is -0.757. The Hall–Kier alpha value is -3.19. The number of hydrogen-bond donors (Lipinski definition) is 1. The molecular formula is C30H41N3O4. The lowest BCUT2D eigenvalue weighted by atomic mass is 10.0. The zero-order valence-electron chi connectivity index (χ0n) is 23.2. The first-order chi connectivity index (χ1) is 17.4. The van der Waals surface area contributed by atoms with Gasteiger partial charge in [-0.25, -0.2) is 14.5 Å². The number of carbonyl (C=O) groups is 2. The Morgan fingerprint density at radius 3 is 2.19 bits per heavy atom. The first kappa shape index (κ1) is 28.4. The summed E-state index contributed by atoms with van der Waals surface area (Å²) in [5.74, 6) is 0.505. The van der Waals surface area contributed by atoms with Gasteiger partial charge in [0.15, 0.2) is 0 Å². The van der Waals surface area contributed by atoms with E-state index in [-0.39, 0.29) is 6.54 Å². The van der Waals surface area contributed by atoms with Crippen LogP contribution in [0.3, 0.4) is 0 Å². The third-order valence-corrected chi connectivity index (χ3v) is 5.90. The molecule has 0 aliphatic heterocycles. The van der Waals surface area contributed by atoms with Crippen LogP contribution in [0.1, 0.15) is 78.1 Å². The van der Waals surface area contributed by atoms with E-state index in [4.69, 9.17) is 9.47 Å². The number of hydrogen-bond acceptors (Lipinski definition) is 6. The Labute approximate surface area is 221 Å². The molecule has 1 aromatic carbocycles. The zero-order chi connectivity index (χ0) is 27.2. The molecule has 37 heavy (non-hydrogen) atoms. The van der Waals surface area contributed by atoms with Gasteiger partial charge in [0.2, 0.25) is 0 Å². The van der Waals surface area contributed by atoms with Crippen molar-refractivity contribution in [2.75, 3.05) is 0 Å². The van der Waals surface area contributed by atoms with E-state index >= 15 is 0 Å². The lowest BCUT2D eigenvalue weighted by molar-refractivity contribution is -0.000526. The van der Waals surface area contributed by atoms with E-state index < -0.39 is 23.4 Å². The quantitative estimate of drug-likeness (QED) is 0.427. The number of amides is 2. The van der Waals surface area contributed by atoms with Crippen molar-refractivity contribution in [1.82, 2.24) is 15.2 Å². The Kier molecular flexibility index (Phi) is 9.13. The van der Waals surface area contributed by atoms with Crippen LogP contribution in [0.4, 0.5) is 9.59 Å². The molecule has 7 nitrogen and oxygen atoms in total. The molecule has 200 valence electrons. The minimum absolute atomic E-state index is 0.0378. The van der Waals surface area contributed by atoms with Gasteiger partial charge in [0.05, 0.1) is 12.2 Å². The molecule has 0 saturated heterocycles. The van der Waals surface area contributed by atoms with E-state index in [9.17, 15) is 9.59 Å². The maximum absolute atomic E-state index is 12.9. The van der Waals surface area contributed by atoms with E-state index in [0.717, 1.165) is 23.3 Å². The average molecular weight is 508 g/mol. The third kappa shape index (κ3) is 9.01. The Bertz CT molecular complexity index is 1070. The van der Waals surface area contributed by atoms with Crippen LogP contribution in [0.2, 0.25) is 0 Å². The van der Waals surface area contributed by atoms with Crippen molar-refractivity contribution in [3.05, 3.63) is 71.1 Å². The van der Waals surface area contributed by atoms with E-state index in [1.165, 1.54) is 11.1 Å². The maximum atomic E-state index is 12.9. The normalized spacial score (nSPS) is 17.8. The third-order valence-electron chi connectivity index (χ3n) is 5.90. The van der Waals surface area contributed by atoms with Crippen LogP contribution in [0.15, 0.2) is 54.2 Å². The molecule has 0 bridgehead atoms. The SMILES string of the molecule is CC/C(=C\c1ccccc1)[C@@H]1C[C@H]1NCc1cccnc1CN(C(=O)OC(C)(C)C)C(=O)OC(C)(C)C. The smallest absolute Gasteiger partial charge is 0.420 e. The highest BCUT2D eigenvalue weighted by Crippen LogP contribution is 2.40. The molecular weight excluding hydrogens is 466 g/mol. The summed E-state index contributed by atoms with van der Waals surface area (Å²) in [6.45, 7) is 13.3. The number of benzene rings is 1. The van der Waals surface area contributed by atoms with Crippen LogP contribution < -0.4 is 5.32 Å². The van der Waals surface area contributed by atoms with Crippen LogP contribution in [0.5, 0.6) is 0 Å². The fraction of sp³-hybridized carbons (Fsp3) is 0.500. The highest BCUT2D eigenvalue weighted by Gasteiger charge is 2.39. The predicted octanol–water partition coefficient (Wildman–Crippen LogP) is 6.73. The van der Waals surface area contributed by atoms with Gasteiger partial charge < -0.3 is 14.8 Å². The second kappa shape index (κ2) is 11.9. The number of nitrogens with one attached hydrogen (secondary N) is 1. The fourth-order valence-electron chi connectivity index (χ4n) is 4.07. The molecule has 7 heteroatoms. The van der Waals surface area contributed by atoms with Gasteiger partial charge in [-0.3, -0.25) is 4.98 Å². The van der Waals surface area contributed by atoms with Crippen molar-refractivity contribution in [3.8, 4) is 0 Å². The molecule has 0 spiro atoms. The number of imide groups is 1. The van der Waals surface area contributed by atoms with Gasteiger partial charge in [0.25, 0.3) is 0 Å². The molecule has 1 fully saturated rings. The van der Waals surface area contributed by atoms with Gasteiger partial charge in [-0.05, 0) is 77.5 Å². The lowest BCUT2D eigenvalue weighted by Gasteiger charge is -2.28. The van der Waals surface area contributed by atoms with E-state index in [1.807, 2.05) is 18.2 Å². The van der Waals surface area contributed by atoms with Crippen LogP contribution in [-0.4, -0.2) is 39.3 Å². The second-order valence-electron chi connectivity index (χ2n) is 11.5. The van der Waals surface area contributed by atoms with Gasteiger partial charge in [0.1, 0.15) is 11.2 Å². The molecule has 1 saturated carbocycles. The number of pyridine rings is 1. The molecule has 1 aliphatic carbocycles. The molecule has 2 amide bonds. The van der Waals surface area contributed by atoms with Crippen LogP contribution in [0, 0.1) is 5.92 Å². The summed E-state index contributed by atoms with van der Waals surface area (Å²) < 4.78 is 11.0. The van der Waals surface area contributed by atoms with Crippen molar-refractivity contribution in [2.45, 2.75) is 91.6 Å². The number of carbonyl (C=O) groups excluding carboxylic acids is 2. The van der Waals surface area contributed by atoms with Gasteiger partial charge in [-0.15, -0.1) is 0 Å². The van der Waals surface area contributed by atoms with Crippen LogP contribution >= 0.6 is 0 Å². The largest absolute Gasteiger partial charge is 0.443 e. The number of aromatic nitrogens is 1. The summed E-state index contributed by atoms with van der Waals surface area (Å²) in [5, 5.41) is 3.64. The topological polar surface area (TPSA) is 80.8 Å². The minimum Gasteiger partial charge on any atom is -0.443 e. The van der Waals surface area contributed by atoms with Gasteiger partial charge in [-0.1, -0.05) is 55.0 Å². The van der Waals surface area contributed by atoms with E-state index in [1.54, 1.807) is 47.7 Å². The zero-order valence-corrected chi connectivity index (χ0v) is 23.2. The van der Waals surface area contributed by atoms with Gasteiger partial charge >= 0.3 is 12.2 Å². The Balaban J connectivity index is 1.70. The summed E-state index contributed by atoms with van der Waals surface area (Å²) in [7, 11) is 0. The summed E-state index contributed by atoms with van der Waals surface area (Å²) in [4.78, 5) is 31.3. The summed E-state index contributed by atoms with van der Waals surface area (Å²) in [6, 6.07) is 14.6. The van der Waals surface area contributed by atoms with E-state index in [2.05, 4.69) is 47.6 Å². The molecule has 2 atom stereocenters. The van der Waals surface area contributed by atoms with Crippen molar-refractivity contribution >= 4 is 18.3 Å². The number of ether oxygens (including phenoxy) is 2. The first-order valence-electron chi connectivity index (χ1n) is 13.0. The number of nitrogens with zero attached hydrogens (tertiary/aromatic N) is 2. The molecule has 0 unspecified atom stereocenters. The molecule has 1 aliphatic rings. The summed E-state index contributed by atoms with van der Waals surface area (Å²) in [6.07, 6.45) is 4.54. The monoisotopic (exact) mass is 507 g/mol. The van der Waals surface area contributed by atoms with Crippen molar-refractivity contribution in [2.24, 2.45) is 5.92 Å². The second-order valence-corrected chi connectivity index (χ2v) is 11.5. The summed E-state index contributed by atoms with van der Waals surface area (Å²) >= 11 is 0. The van der Waals surface area contributed by atoms with Crippen molar-refractivity contribution in [3.63, 3.8) is 0 Å². The first-order valence-corrected chi connectivity index (χ1v) is 13.0. The predicted molar refractivity (Wildman–Crippen MR) is 146 cm³/mol. The van der Waals surface area contributed by atoms with Gasteiger partial charge in [0, 0.05) is 18.8 Å². The average Bonchev–Trinajstić information content (AvgIpc) is 3.58. The molecule has 3 rings (SSSR count). The molecule has 1 aromatic heterocycles. The fourth-order valence-corrected chi connectivity index (χ4v) is 4.07. The van der Waals surface area contributed by atoms with Gasteiger partial charge in [-0.2, -0.15) is 0 Å². The highest BCUT2D eigenvalue weighted by atomic mass is 16.6. The molecule has 2 aromatic rings. The standard InChI is InChI=1S/C30H41N3O4/c1-8-22(17-21-13-10-9-11-14-21)24-18-25(24)32-19-23-15-12-16-31-26(23)20-33(27(34)36-29(2,3)4)28(35)37-30(5,6)7/h9-17,24-25,32H,8,18-20H2,1-7H3/b22-17+/t24-,25+/m0/s1. The molecule has 1 N–H and O–H groups in total. The highest BCUT2D eigenvalue weighted by molar-refractivity contribution is 5.88. The molecule has 0 radical (unpaired) electrons. The molecule has 1 heterocycles. The lowest BCUT2D eigenvalue weighted by Crippen LogP contribution is -2.43. The maximum Gasteiger partial charge on any atom is 0.420 e. The Morgan fingerprint density at radius 1 is 1.00 bits per heavy atom. The Morgan fingerprint density at radius 2 is 1.62 bits per heavy atom.